The van der Waals surface area contributed by atoms with Gasteiger partial charge in [-0.1, -0.05) is 0 Å². The van der Waals surface area contributed by atoms with Gasteiger partial charge in [-0.2, -0.15) is 5.10 Å². The third-order valence-electron chi connectivity index (χ3n) is 2.46. The predicted octanol–water partition coefficient (Wildman–Crippen LogP) is -0.346. The van der Waals surface area contributed by atoms with Crippen molar-refractivity contribution >= 4 is 5.91 Å². The molecule has 0 aliphatic rings. The van der Waals surface area contributed by atoms with E-state index >= 15 is 0 Å². The number of carbonyl (C=O) groups is 1. The van der Waals surface area contributed by atoms with Gasteiger partial charge < -0.3 is 11.1 Å². The molecule has 0 bridgehead atoms. The molecule has 84 valence electrons. The zero-order chi connectivity index (χ0) is 11.4. The summed E-state index contributed by atoms with van der Waals surface area (Å²) in [6.07, 6.45) is 0.380. The third-order valence-corrected chi connectivity index (χ3v) is 2.46. The lowest BCUT2D eigenvalue weighted by atomic mass is 10.1. The number of aromatic nitrogens is 2. The standard InChI is InChI=1S/C10H18N4O/c1-7-9(8(2)14(3)13-7)6-10(15)12-5-4-11/h4-6,11H2,1-3H3,(H,12,15). The Labute approximate surface area is 89.6 Å². The highest BCUT2D eigenvalue weighted by atomic mass is 16.1. The minimum absolute atomic E-state index is 0.000324. The lowest BCUT2D eigenvalue weighted by molar-refractivity contribution is -0.120. The van der Waals surface area contributed by atoms with Crippen LogP contribution in [0.15, 0.2) is 0 Å². The van der Waals surface area contributed by atoms with Crippen molar-refractivity contribution in [2.45, 2.75) is 20.3 Å². The van der Waals surface area contributed by atoms with Crippen molar-refractivity contribution in [1.29, 1.82) is 0 Å². The van der Waals surface area contributed by atoms with Gasteiger partial charge in [0.15, 0.2) is 0 Å². The van der Waals surface area contributed by atoms with E-state index in [1.54, 1.807) is 4.68 Å². The van der Waals surface area contributed by atoms with Crippen LogP contribution in [0.4, 0.5) is 0 Å². The van der Waals surface area contributed by atoms with Crippen molar-refractivity contribution in [3.8, 4) is 0 Å². The van der Waals surface area contributed by atoms with E-state index < -0.39 is 0 Å². The first-order valence-electron chi connectivity index (χ1n) is 5.02. The van der Waals surface area contributed by atoms with Crippen molar-refractivity contribution in [3.63, 3.8) is 0 Å². The van der Waals surface area contributed by atoms with E-state index in [1.807, 2.05) is 20.9 Å². The summed E-state index contributed by atoms with van der Waals surface area (Å²) < 4.78 is 1.79. The predicted molar refractivity (Wildman–Crippen MR) is 58.5 cm³/mol. The van der Waals surface area contributed by atoms with Crippen LogP contribution in [-0.4, -0.2) is 28.8 Å². The molecule has 0 aromatic carbocycles. The number of hydrogen-bond donors (Lipinski definition) is 2. The summed E-state index contributed by atoms with van der Waals surface area (Å²) in [7, 11) is 1.88. The lowest BCUT2D eigenvalue weighted by Crippen LogP contribution is -2.30. The molecule has 0 fully saturated rings. The van der Waals surface area contributed by atoms with Crippen molar-refractivity contribution in [1.82, 2.24) is 15.1 Å². The van der Waals surface area contributed by atoms with Crippen LogP contribution < -0.4 is 11.1 Å². The summed E-state index contributed by atoms with van der Waals surface area (Å²) >= 11 is 0. The van der Waals surface area contributed by atoms with E-state index in [0.29, 0.717) is 19.5 Å². The molecule has 0 saturated heterocycles. The number of nitrogens with one attached hydrogen (secondary N) is 1. The van der Waals surface area contributed by atoms with E-state index in [-0.39, 0.29) is 5.91 Å². The zero-order valence-electron chi connectivity index (χ0n) is 9.50. The molecule has 1 rings (SSSR count). The van der Waals surface area contributed by atoms with Crippen LogP contribution in [0, 0.1) is 13.8 Å². The molecular weight excluding hydrogens is 192 g/mol. The summed E-state index contributed by atoms with van der Waals surface area (Å²) in [5, 5.41) is 7.00. The third kappa shape index (κ3) is 2.79. The van der Waals surface area contributed by atoms with Gasteiger partial charge in [0, 0.05) is 31.4 Å². The number of amides is 1. The first-order chi connectivity index (χ1) is 7.06. The fraction of sp³-hybridized carbons (Fsp3) is 0.600. The molecule has 5 heteroatoms. The largest absolute Gasteiger partial charge is 0.355 e. The summed E-state index contributed by atoms with van der Waals surface area (Å²) in [5.74, 6) is -0.000324. The second-order valence-corrected chi connectivity index (χ2v) is 3.59. The second kappa shape index (κ2) is 4.93. The van der Waals surface area contributed by atoms with E-state index in [9.17, 15) is 4.79 Å². The molecule has 0 spiro atoms. The Morgan fingerprint density at radius 3 is 2.67 bits per heavy atom. The van der Waals surface area contributed by atoms with Crippen LogP contribution in [0.3, 0.4) is 0 Å². The van der Waals surface area contributed by atoms with Crippen LogP contribution >= 0.6 is 0 Å². The lowest BCUT2D eigenvalue weighted by Gasteiger charge is -2.03. The van der Waals surface area contributed by atoms with Gasteiger partial charge in [0.05, 0.1) is 12.1 Å². The minimum atomic E-state index is -0.000324. The normalized spacial score (nSPS) is 10.4. The van der Waals surface area contributed by atoms with Gasteiger partial charge in [-0.15, -0.1) is 0 Å². The van der Waals surface area contributed by atoms with E-state index in [4.69, 9.17) is 5.73 Å². The quantitative estimate of drug-likeness (QED) is 0.713. The molecule has 0 radical (unpaired) electrons. The van der Waals surface area contributed by atoms with Gasteiger partial charge in [-0.25, -0.2) is 0 Å². The Kier molecular flexibility index (Phi) is 3.85. The highest BCUT2D eigenvalue weighted by Gasteiger charge is 2.12. The molecule has 0 aliphatic carbocycles. The van der Waals surface area contributed by atoms with Crippen molar-refractivity contribution in [2.24, 2.45) is 12.8 Å². The topological polar surface area (TPSA) is 72.9 Å². The Bertz CT molecular complexity index is 357. The van der Waals surface area contributed by atoms with Crippen LogP contribution in [0.2, 0.25) is 0 Å². The SMILES string of the molecule is Cc1nn(C)c(C)c1CC(=O)NCCN. The fourth-order valence-corrected chi connectivity index (χ4v) is 1.51. The maximum absolute atomic E-state index is 11.5. The molecule has 0 atom stereocenters. The number of nitrogens with zero attached hydrogens (tertiary/aromatic N) is 2. The van der Waals surface area contributed by atoms with Crippen LogP contribution in [-0.2, 0) is 18.3 Å². The molecular formula is C10H18N4O. The summed E-state index contributed by atoms with van der Waals surface area (Å²) in [6.45, 7) is 4.87. The summed E-state index contributed by atoms with van der Waals surface area (Å²) in [5.41, 5.74) is 8.26. The molecule has 1 aromatic heterocycles. The van der Waals surface area contributed by atoms with Gasteiger partial charge in [0.2, 0.25) is 5.91 Å². The molecule has 1 amide bonds. The van der Waals surface area contributed by atoms with Gasteiger partial charge in [-0.05, 0) is 13.8 Å². The summed E-state index contributed by atoms with van der Waals surface area (Å²) in [4.78, 5) is 11.5. The fourth-order valence-electron chi connectivity index (χ4n) is 1.51. The van der Waals surface area contributed by atoms with Crippen LogP contribution in [0.25, 0.3) is 0 Å². The highest BCUT2D eigenvalue weighted by Crippen LogP contribution is 2.12. The Balaban J connectivity index is 2.68. The molecule has 0 unspecified atom stereocenters. The number of aryl methyl sites for hydroxylation is 2. The van der Waals surface area contributed by atoms with E-state index in [0.717, 1.165) is 17.0 Å². The van der Waals surface area contributed by atoms with Crippen molar-refractivity contribution in [2.75, 3.05) is 13.1 Å². The van der Waals surface area contributed by atoms with Crippen LogP contribution in [0.1, 0.15) is 17.0 Å². The van der Waals surface area contributed by atoms with Gasteiger partial charge in [0.25, 0.3) is 0 Å². The molecule has 5 nitrogen and oxygen atoms in total. The average Bonchev–Trinajstić information content (AvgIpc) is 2.42. The first kappa shape index (κ1) is 11.7. The smallest absolute Gasteiger partial charge is 0.224 e. The maximum Gasteiger partial charge on any atom is 0.224 e. The molecule has 1 aromatic rings. The van der Waals surface area contributed by atoms with Gasteiger partial charge >= 0.3 is 0 Å². The number of hydrogen-bond acceptors (Lipinski definition) is 3. The first-order valence-corrected chi connectivity index (χ1v) is 5.02. The molecule has 0 saturated carbocycles. The Morgan fingerprint density at radius 2 is 2.20 bits per heavy atom. The number of rotatable bonds is 4. The number of nitrogens with two attached hydrogens (primary N) is 1. The van der Waals surface area contributed by atoms with Crippen molar-refractivity contribution in [3.05, 3.63) is 17.0 Å². The zero-order valence-corrected chi connectivity index (χ0v) is 9.50. The minimum Gasteiger partial charge on any atom is -0.355 e. The van der Waals surface area contributed by atoms with Gasteiger partial charge in [-0.3, -0.25) is 9.48 Å². The van der Waals surface area contributed by atoms with Crippen LogP contribution in [0.5, 0.6) is 0 Å². The Morgan fingerprint density at radius 1 is 1.53 bits per heavy atom. The Hall–Kier alpha value is -1.36. The molecule has 15 heavy (non-hydrogen) atoms. The maximum atomic E-state index is 11.5. The van der Waals surface area contributed by atoms with Crippen molar-refractivity contribution < 1.29 is 4.79 Å². The molecule has 1 heterocycles. The average molecular weight is 210 g/mol. The number of carbonyl (C=O) groups excluding carboxylic acids is 1. The summed E-state index contributed by atoms with van der Waals surface area (Å²) in [6, 6.07) is 0. The molecule has 3 N–H and O–H groups in total. The molecule has 0 aliphatic heterocycles. The highest BCUT2D eigenvalue weighted by molar-refractivity contribution is 5.79. The monoisotopic (exact) mass is 210 g/mol. The van der Waals surface area contributed by atoms with Gasteiger partial charge in [0.1, 0.15) is 0 Å². The van der Waals surface area contributed by atoms with E-state index in [1.165, 1.54) is 0 Å². The second-order valence-electron chi connectivity index (χ2n) is 3.59. The van der Waals surface area contributed by atoms with E-state index in [2.05, 4.69) is 10.4 Å².